The van der Waals surface area contributed by atoms with Crippen LogP contribution in [0.1, 0.15) is 34.7 Å². The molecule has 1 aliphatic carbocycles. The largest absolute Gasteiger partial charge is 0.271 e. The molecule has 3 nitrogen and oxygen atoms in total. The maximum atomic E-state index is 13.3. The Morgan fingerprint density at radius 3 is 2.85 bits per heavy atom. The fraction of sp³-hybridized carbons (Fsp3) is 0.312. The van der Waals surface area contributed by atoms with Crippen molar-refractivity contribution in [2.75, 3.05) is 0 Å². The summed E-state index contributed by atoms with van der Waals surface area (Å²) in [5, 5.41) is 0. The fourth-order valence-electron chi connectivity index (χ4n) is 2.88. The number of hydrazine groups is 1. The highest BCUT2D eigenvalue weighted by Crippen LogP contribution is 2.25. The van der Waals surface area contributed by atoms with E-state index in [9.17, 15) is 4.39 Å². The van der Waals surface area contributed by atoms with Gasteiger partial charge in [-0.2, -0.15) is 0 Å². The lowest BCUT2D eigenvalue weighted by molar-refractivity contribution is 0.541. The molecule has 2 aromatic rings. The molecular weight excluding hydrogens is 253 g/mol. The van der Waals surface area contributed by atoms with Crippen LogP contribution in [0.15, 0.2) is 36.7 Å². The summed E-state index contributed by atoms with van der Waals surface area (Å²) in [6, 6.07) is 7.94. The van der Waals surface area contributed by atoms with Crippen LogP contribution in [0, 0.1) is 5.82 Å². The van der Waals surface area contributed by atoms with E-state index in [1.807, 2.05) is 0 Å². The van der Waals surface area contributed by atoms with E-state index in [0.717, 1.165) is 18.4 Å². The van der Waals surface area contributed by atoms with E-state index in [4.69, 9.17) is 5.84 Å². The molecule has 1 atom stereocenters. The number of halogens is 1. The van der Waals surface area contributed by atoms with Gasteiger partial charge in [-0.15, -0.1) is 0 Å². The molecule has 1 aromatic carbocycles. The molecule has 0 radical (unpaired) electrons. The number of aromatic nitrogens is 1. The number of benzene rings is 1. The van der Waals surface area contributed by atoms with Crippen LogP contribution in [0.5, 0.6) is 0 Å². The third-order valence-electron chi connectivity index (χ3n) is 3.93. The van der Waals surface area contributed by atoms with Gasteiger partial charge in [-0.05, 0) is 54.0 Å². The van der Waals surface area contributed by atoms with E-state index in [0.29, 0.717) is 0 Å². The molecule has 0 saturated carbocycles. The number of aryl methyl sites for hydroxylation is 2. The number of pyridine rings is 1. The summed E-state index contributed by atoms with van der Waals surface area (Å²) in [6.45, 7) is 0. The number of hydrogen-bond donors (Lipinski definition) is 2. The molecule has 0 spiro atoms. The average Bonchev–Trinajstić information content (AvgIpc) is 2.92. The Hall–Kier alpha value is -1.78. The predicted molar refractivity (Wildman–Crippen MR) is 76.4 cm³/mol. The van der Waals surface area contributed by atoms with Gasteiger partial charge in [0.1, 0.15) is 5.82 Å². The lowest BCUT2D eigenvalue weighted by Gasteiger charge is -2.16. The smallest absolute Gasteiger partial charge is 0.141 e. The highest BCUT2D eigenvalue weighted by molar-refractivity contribution is 5.36. The summed E-state index contributed by atoms with van der Waals surface area (Å²) in [6.07, 6.45) is 7.17. The normalized spacial score (nSPS) is 15.1. The van der Waals surface area contributed by atoms with Crippen LogP contribution >= 0.6 is 0 Å². The summed E-state index contributed by atoms with van der Waals surface area (Å²) >= 11 is 0. The van der Waals surface area contributed by atoms with E-state index in [-0.39, 0.29) is 11.9 Å². The van der Waals surface area contributed by atoms with Gasteiger partial charge in [-0.3, -0.25) is 16.3 Å². The Kier molecular flexibility index (Phi) is 3.76. The van der Waals surface area contributed by atoms with Crippen molar-refractivity contribution in [3.8, 4) is 0 Å². The van der Waals surface area contributed by atoms with Gasteiger partial charge in [-0.1, -0.05) is 18.2 Å². The van der Waals surface area contributed by atoms with Crippen molar-refractivity contribution in [1.29, 1.82) is 0 Å². The molecule has 0 amide bonds. The molecule has 3 N–H and O–H groups in total. The van der Waals surface area contributed by atoms with Crippen LogP contribution < -0.4 is 11.3 Å². The molecule has 0 fully saturated rings. The van der Waals surface area contributed by atoms with Gasteiger partial charge in [-0.25, -0.2) is 4.39 Å². The second kappa shape index (κ2) is 5.69. The number of hydrogen-bond acceptors (Lipinski definition) is 3. The first kappa shape index (κ1) is 13.2. The standard InChI is InChI=1S/C16H18FN3/c17-15-8-14(9-19-10-15)16(20-18)7-11-4-5-12-2-1-3-13(12)6-11/h4-6,8-10,16,20H,1-3,7,18H2. The topological polar surface area (TPSA) is 50.9 Å². The Balaban J connectivity index is 1.81. The van der Waals surface area contributed by atoms with Gasteiger partial charge >= 0.3 is 0 Å². The Labute approximate surface area is 118 Å². The first-order chi connectivity index (χ1) is 9.76. The SMILES string of the molecule is NNC(Cc1ccc2c(c1)CCC2)c1cncc(F)c1. The minimum Gasteiger partial charge on any atom is -0.271 e. The second-order valence-electron chi connectivity index (χ2n) is 5.32. The van der Waals surface area contributed by atoms with Gasteiger partial charge in [0.05, 0.1) is 12.2 Å². The number of nitrogens with two attached hydrogens (primary N) is 1. The van der Waals surface area contributed by atoms with Crippen molar-refractivity contribution in [2.24, 2.45) is 5.84 Å². The molecule has 3 rings (SSSR count). The Morgan fingerprint density at radius 1 is 1.20 bits per heavy atom. The van der Waals surface area contributed by atoms with E-state index in [2.05, 4.69) is 28.6 Å². The zero-order valence-corrected chi connectivity index (χ0v) is 11.3. The summed E-state index contributed by atoms with van der Waals surface area (Å²) in [4.78, 5) is 3.88. The van der Waals surface area contributed by atoms with Crippen LogP contribution in [-0.4, -0.2) is 4.98 Å². The lowest BCUT2D eigenvalue weighted by atomic mass is 9.98. The van der Waals surface area contributed by atoms with Crippen molar-refractivity contribution in [2.45, 2.75) is 31.7 Å². The van der Waals surface area contributed by atoms with Gasteiger partial charge in [0.25, 0.3) is 0 Å². The molecule has 0 saturated heterocycles. The van der Waals surface area contributed by atoms with Crippen molar-refractivity contribution in [3.05, 3.63) is 64.7 Å². The number of rotatable bonds is 4. The summed E-state index contributed by atoms with van der Waals surface area (Å²) < 4.78 is 13.3. The monoisotopic (exact) mass is 271 g/mol. The van der Waals surface area contributed by atoms with Crippen LogP contribution in [0.2, 0.25) is 0 Å². The van der Waals surface area contributed by atoms with E-state index >= 15 is 0 Å². The number of fused-ring (bicyclic) bond motifs is 1. The summed E-state index contributed by atoms with van der Waals surface area (Å²) in [5.41, 5.74) is 7.64. The van der Waals surface area contributed by atoms with Crippen molar-refractivity contribution < 1.29 is 4.39 Å². The highest BCUT2D eigenvalue weighted by atomic mass is 19.1. The van der Waals surface area contributed by atoms with E-state index in [1.165, 1.54) is 41.8 Å². The molecule has 1 heterocycles. The molecule has 1 aliphatic rings. The minimum atomic E-state index is -0.336. The van der Waals surface area contributed by atoms with Crippen molar-refractivity contribution in [3.63, 3.8) is 0 Å². The van der Waals surface area contributed by atoms with Crippen molar-refractivity contribution >= 4 is 0 Å². The fourth-order valence-corrected chi connectivity index (χ4v) is 2.88. The van der Waals surface area contributed by atoms with Gasteiger partial charge in [0.15, 0.2) is 0 Å². The van der Waals surface area contributed by atoms with E-state index in [1.54, 1.807) is 6.20 Å². The molecule has 0 aliphatic heterocycles. The highest BCUT2D eigenvalue weighted by Gasteiger charge is 2.15. The summed E-state index contributed by atoms with van der Waals surface area (Å²) in [5.74, 6) is 5.28. The van der Waals surface area contributed by atoms with Gasteiger partial charge in [0.2, 0.25) is 0 Å². The van der Waals surface area contributed by atoms with Crippen LogP contribution in [0.4, 0.5) is 4.39 Å². The number of nitrogens with one attached hydrogen (secondary N) is 1. The van der Waals surface area contributed by atoms with Crippen molar-refractivity contribution in [1.82, 2.24) is 10.4 Å². The predicted octanol–water partition coefficient (Wildman–Crippen LogP) is 2.46. The molecule has 1 aromatic heterocycles. The molecule has 104 valence electrons. The molecular formula is C16H18FN3. The first-order valence-corrected chi connectivity index (χ1v) is 6.93. The maximum Gasteiger partial charge on any atom is 0.141 e. The van der Waals surface area contributed by atoms with Gasteiger partial charge in [0, 0.05) is 6.20 Å². The average molecular weight is 271 g/mol. The molecule has 1 unspecified atom stereocenters. The zero-order chi connectivity index (χ0) is 13.9. The first-order valence-electron chi connectivity index (χ1n) is 6.93. The van der Waals surface area contributed by atoms with Gasteiger partial charge < -0.3 is 0 Å². The minimum absolute atomic E-state index is 0.127. The Bertz CT molecular complexity index is 612. The maximum absolute atomic E-state index is 13.3. The molecule has 0 bridgehead atoms. The van der Waals surface area contributed by atoms with E-state index < -0.39 is 0 Å². The Morgan fingerprint density at radius 2 is 2.05 bits per heavy atom. The molecule has 4 heteroatoms. The zero-order valence-electron chi connectivity index (χ0n) is 11.3. The number of nitrogens with zero attached hydrogens (tertiary/aromatic N) is 1. The third-order valence-corrected chi connectivity index (χ3v) is 3.93. The van der Waals surface area contributed by atoms with Crippen LogP contribution in [0.25, 0.3) is 0 Å². The quantitative estimate of drug-likeness (QED) is 0.663. The third kappa shape index (κ3) is 2.71. The summed E-state index contributed by atoms with van der Waals surface area (Å²) in [7, 11) is 0. The van der Waals surface area contributed by atoms with Crippen LogP contribution in [0.3, 0.4) is 0 Å². The lowest BCUT2D eigenvalue weighted by Crippen LogP contribution is -2.29. The molecule has 20 heavy (non-hydrogen) atoms. The second-order valence-corrected chi connectivity index (χ2v) is 5.32. The van der Waals surface area contributed by atoms with Crippen LogP contribution in [-0.2, 0) is 19.3 Å².